The first-order valence-electron chi connectivity index (χ1n) is 5.37. The highest BCUT2D eigenvalue weighted by molar-refractivity contribution is 6.00. The van der Waals surface area contributed by atoms with Crippen LogP contribution in [0.3, 0.4) is 0 Å². The second-order valence-electron chi connectivity index (χ2n) is 3.73. The van der Waals surface area contributed by atoms with Gasteiger partial charge < -0.3 is 5.21 Å². The van der Waals surface area contributed by atoms with Gasteiger partial charge in [-0.3, -0.25) is 0 Å². The summed E-state index contributed by atoms with van der Waals surface area (Å²) in [5.74, 6) is 0. The summed E-state index contributed by atoms with van der Waals surface area (Å²) in [5, 5.41) is 11.9. The van der Waals surface area contributed by atoms with Gasteiger partial charge in [0, 0.05) is 0 Å². The molecule has 0 fully saturated rings. The molecule has 5 heteroatoms. The lowest BCUT2D eigenvalue weighted by atomic mass is 10.0. The molecule has 17 heavy (non-hydrogen) atoms. The second kappa shape index (κ2) is 5.70. The summed E-state index contributed by atoms with van der Waals surface area (Å²) < 4.78 is 37.5. The topological polar surface area (TPSA) is 32.6 Å². The maximum Gasteiger partial charge on any atom is 0.416 e. The van der Waals surface area contributed by atoms with Gasteiger partial charge in [-0.05, 0) is 30.5 Å². The number of halogens is 3. The van der Waals surface area contributed by atoms with Gasteiger partial charge in [-0.25, -0.2) is 0 Å². The van der Waals surface area contributed by atoms with Crippen LogP contribution in [0.15, 0.2) is 29.4 Å². The number of unbranched alkanes of at least 4 members (excludes halogenated alkanes) is 1. The highest BCUT2D eigenvalue weighted by Crippen LogP contribution is 2.29. The average Bonchev–Trinajstić information content (AvgIpc) is 2.29. The molecule has 0 heterocycles. The van der Waals surface area contributed by atoms with Crippen molar-refractivity contribution in [2.75, 3.05) is 0 Å². The Morgan fingerprint density at radius 2 is 2.06 bits per heavy atom. The molecule has 0 aliphatic heterocycles. The lowest BCUT2D eigenvalue weighted by Gasteiger charge is -2.09. The third-order valence-corrected chi connectivity index (χ3v) is 2.41. The first kappa shape index (κ1) is 13.5. The summed E-state index contributed by atoms with van der Waals surface area (Å²) in [5.41, 5.74) is -0.124. The van der Waals surface area contributed by atoms with Crippen LogP contribution in [0.4, 0.5) is 13.2 Å². The number of rotatable bonds is 4. The van der Waals surface area contributed by atoms with E-state index in [0.29, 0.717) is 12.0 Å². The van der Waals surface area contributed by atoms with Crippen LogP contribution in [0.5, 0.6) is 0 Å². The normalized spacial score (nSPS) is 12.8. The molecule has 0 unspecified atom stereocenters. The van der Waals surface area contributed by atoms with Crippen molar-refractivity contribution in [3.05, 3.63) is 35.4 Å². The Hall–Kier alpha value is -1.52. The summed E-state index contributed by atoms with van der Waals surface area (Å²) >= 11 is 0. The van der Waals surface area contributed by atoms with E-state index in [1.807, 2.05) is 6.92 Å². The quantitative estimate of drug-likeness (QED) is 0.484. The maximum atomic E-state index is 12.5. The number of oxime groups is 1. The smallest absolute Gasteiger partial charge is 0.411 e. The molecule has 0 aliphatic carbocycles. The van der Waals surface area contributed by atoms with Crippen molar-refractivity contribution >= 4 is 5.71 Å². The average molecular weight is 245 g/mol. The Labute approximate surface area is 97.8 Å². The largest absolute Gasteiger partial charge is 0.416 e. The number of nitrogens with zero attached hydrogens (tertiary/aromatic N) is 1. The highest BCUT2D eigenvalue weighted by Gasteiger charge is 2.30. The first-order chi connectivity index (χ1) is 7.99. The predicted molar refractivity (Wildman–Crippen MR) is 59.3 cm³/mol. The zero-order chi connectivity index (χ0) is 12.9. The minimum Gasteiger partial charge on any atom is -0.411 e. The van der Waals surface area contributed by atoms with Crippen molar-refractivity contribution in [3.63, 3.8) is 0 Å². The molecular weight excluding hydrogens is 231 g/mol. The minimum atomic E-state index is -4.37. The molecule has 1 rings (SSSR count). The van der Waals surface area contributed by atoms with Crippen LogP contribution in [0.1, 0.15) is 37.3 Å². The van der Waals surface area contributed by atoms with Crippen LogP contribution in [0.2, 0.25) is 0 Å². The van der Waals surface area contributed by atoms with Crippen LogP contribution >= 0.6 is 0 Å². The second-order valence-corrected chi connectivity index (χ2v) is 3.73. The van der Waals surface area contributed by atoms with E-state index in [1.165, 1.54) is 12.1 Å². The van der Waals surface area contributed by atoms with Crippen molar-refractivity contribution in [1.82, 2.24) is 0 Å². The third kappa shape index (κ3) is 3.76. The molecule has 0 bridgehead atoms. The van der Waals surface area contributed by atoms with Gasteiger partial charge in [0.15, 0.2) is 0 Å². The fourth-order valence-electron chi connectivity index (χ4n) is 1.47. The number of hydrogen-bond donors (Lipinski definition) is 1. The zero-order valence-corrected chi connectivity index (χ0v) is 9.46. The fourth-order valence-corrected chi connectivity index (χ4v) is 1.47. The van der Waals surface area contributed by atoms with Gasteiger partial charge in [0.25, 0.3) is 0 Å². The van der Waals surface area contributed by atoms with E-state index >= 15 is 0 Å². The van der Waals surface area contributed by atoms with E-state index in [1.54, 1.807) is 0 Å². The zero-order valence-electron chi connectivity index (χ0n) is 9.46. The first-order valence-corrected chi connectivity index (χ1v) is 5.37. The summed E-state index contributed by atoms with van der Waals surface area (Å²) in [7, 11) is 0. The van der Waals surface area contributed by atoms with Crippen molar-refractivity contribution in [2.45, 2.75) is 32.4 Å². The van der Waals surface area contributed by atoms with Crippen molar-refractivity contribution in [1.29, 1.82) is 0 Å². The molecule has 1 aromatic carbocycles. The van der Waals surface area contributed by atoms with E-state index < -0.39 is 11.7 Å². The van der Waals surface area contributed by atoms with E-state index in [9.17, 15) is 13.2 Å². The van der Waals surface area contributed by atoms with Crippen LogP contribution in [0.25, 0.3) is 0 Å². The summed E-state index contributed by atoms with van der Waals surface area (Å²) in [6, 6.07) is 4.83. The van der Waals surface area contributed by atoms with Gasteiger partial charge in [0.05, 0.1) is 11.3 Å². The molecule has 94 valence electrons. The van der Waals surface area contributed by atoms with Gasteiger partial charge in [-0.2, -0.15) is 13.2 Å². The van der Waals surface area contributed by atoms with Crippen molar-refractivity contribution in [3.8, 4) is 0 Å². The van der Waals surface area contributed by atoms with E-state index in [0.717, 1.165) is 25.0 Å². The van der Waals surface area contributed by atoms with Crippen LogP contribution in [-0.4, -0.2) is 10.9 Å². The van der Waals surface area contributed by atoms with Gasteiger partial charge in [0.1, 0.15) is 0 Å². The summed E-state index contributed by atoms with van der Waals surface area (Å²) in [6.45, 7) is 1.96. The summed E-state index contributed by atoms with van der Waals surface area (Å²) in [4.78, 5) is 0. The van der Waals surface area contributed by atoms with E-state index in [-0.39, 0.29) is 5.71 Å². The Balaban J connectivity index is 2.98. The van der Waals surface area contributed by atoms with Crippen molar-refractivity contribution < 1.29 is 18.4 Å². The molecule has 0 saturated heterocycles. The van der Waals surface area contributed by atoms with Crippen molar-refractivity contribution in [2.24, 2.45) is 5.16 Å². The molecule has 0 aliphatic rings. The monoisotopic (exact) mass is 245 g/mol. The number of hydrogen-bond acceptors (Lipinski definition) is 2. The standard InChI is InChI=1S/C12H14F3NO/c1-2-3-7-11(16-17)9-5-4-6-10(8-9)12(13,14)15/h4-6,8,17H,2-3,7H2,1H3/b16-11+. The molecule has 0 saturated carbocycles. The molecule has 2 nitrogen and oxygen atoms in total. The Morgan fingerprint density at radius 1 is 1.35 bits per heavy atom. The van der Waals surface area contributed by atoms with E-state index in [2.05, 4.69) is 5.16 Å². The Bertz CT molecular complexity index is 399. The van der Waals surface area contributed by atoms with Gasteiger partial charge in [0.2, 0.25) is 0 Å². The number of benzene rings is 1. The Morgan fingerprint density at radius 3 is 2.59 bits per heavy atom. The predicted octanol–water partition coefficient (Wildman–Crippen LogP) is 4.07. The third-order valence-electron chi connectivity index (χ3n) is 2.41. The summed E-state index contributed by atoms with van der Waals surface area (Å²) in [6.07, 6.45) is -2.25. The fraction of sp³-hybridized carbons (Fsp3) is 0.417. The lowest BCUT2D eigenvalue weighted by Crippen LogP contribution is -2.08. The molecule has 0 spiro atoms. The number of alkyl halides is 3. The van der Waals surface area contributed by atoms with Gasteiger partial charge in [-0.15, -0.1) is 0 Å². The molecule has 0 atom stereocenters. The molecule has 0 aromatic heterocycles. The minimum absolute atomic E-state index is 0.290. The van der Waals surface area contributed by atoms with Crippen LogP contribution in [-0.2, 0) is 6.18 Å². The SMILES string of the molecule is CCCC/C(=N\O)c1cccc(C(F)(F)F)c1. The van der Waals surface area contributed by atoms with Gasteiger partial charge in [-0.1, -0.05) is 30.6 Å². The molecule has 1 N–H and O–H groups in total. The lowest BCUT2D eigenvalue weighted by molar-refractivity contribution is -0.137. The maximum absolute atomic E-state index is 12.5. The highest BCUT2D eigenvalue weighted by atomic mass is 19.4. The Kier molecular flexibility index (Phi) is 4.54. The van der Waals surface area contributed by atoms with Gasteiger partial charge >= 0.3 is 6.18 Å². The molecular formula is C12H14F3NO. The van der Waals surface area contributed by atoms with E-state index in [4.69, 9.17) is 5.21 Å². The molecule has 0 amide bonds. The molecule has 0 radical (unpaired) electrons. The van der Waals surface area contributed by atoms with Crippen LogP contribution in [0, 0.1) is 0 Å². The van der Waals surface area contributed by atoms with Crippen LogP contribution < -0.4 is 0 Å². The molecule has 1 aromatic rings.